The molecule has 1 spiro atoms. The molecule has 0 radical (unpaired) electrons. The molecule has 0 saturated heterocycles. The Hall–Kier alpha value is -2.57. The number of carbonyl (C=O) groups excluding carboxylic acids is 1. The molecule has 34 heavy (non-hydrogen) atoms. The zero-order valence-corrected chi connectivity index (χ0v) is 21.5. The molecule has 1 aliphatic carbocycles. The van der Waals surface area contributed by atoms with E-state index in [0.717, 1.165) is 64.5 Å². The number of fused-ring (bicyclic) bond motifs is 2. The van der Waals surface area contributed by atoms with Crippen LogP contribution in [0.1, 0.15) is 52.2 Å². The molecule has 2 atom stereocenters. The predicted octanol–water partition coefficient (Wildman–Crippen LogP) is 6.52. The van der Waals surface area contributed by atoms with Gasteiger partial charge in [-0.3, -0.25) is 0 Å². The van der Waals surface area contributed by atoms with Crippen molar-refractivity contribution in [3.8, 4) is 5.75 Å². The number of hydrogen-bond donors (Lipinski definition) is 0. The van der Waals surface area contributed by atoms with Crippen molar-refractivity contribution in [1.29, 1.82) is 0 Å². The molecule has 3 aromatic rings. The molecule has 2 aliphatic rings. The maximum Gasteiger partial charge on any atom is 0.338 e. The van der Waals surface area contributed by atoms with E-state index in [1.54, 1.807) is 13.3 Å². The SMILES string of the molecule is COC(=O)c1ccccc1C1CCC2(C1)CN(Cc1ccc(OC)cc1)c1ncc(Br)c(Cl)c12. The normalized spacial score (nSPS) is 21.1. The minimum Gasteiger partial charge on any atom is -0.497 e. The van der Waals surface area contributed by atoms with E-state index >= 15 is 0 Å². The van der Waals surface area contributed by atoms with Gasteiger partial charge in [0.25, 0.3) is 0 Å². The van der Waals surface area contributed by atoms with Gasteiger partial charge in [0.2, 0.25) is 0 Å². The van der Waals surface area contributed by atoms with Crippen LogP contribution in [-0.4, -0.2) is 31.7 Å². The highest BCUT2D eigenvalue weighted by Gasteiger charge is 2.50. The zero-order chi connectivity index (χ0) is 23.9. The maximum atomic E-state index is 12.4. The summed E-state index contributed by atoms with van der Waals surface area (Å²) in [6, 6.07) is 16.0. The molecule has 2 aromatic carbocycles. The van der Waals surface area contributed by atoms with Crippen LogP contribution in [0.25, 0.3) is 0 Å². The first-order valence-electron chi connectivity index (χ1n) is 11.4. The number of pyridine rings is 1. The zero-order valence-electron chi connectivity index (χ0n) is 19.2. The lowest BCUT2D eigenvalue weighted by Crippen LogP contribution is -2.31. The van der Waals surface area contributed by atoms with Crippen molar-refractivity contribution in [2.75, 3.05) is 25.7 Å². The fourth-order valence-corrected chi connectivity index (χ4v) is 6.31. The van der Waals surface area contributed by atoms with Crippen molar-refractivity contribution < 1.29 is 14.3 Å². The van der Waals surface area contributed by atoms with Gasteiger partial charge in [-0.15, -0.1) is 0 Å². The number of benzene rings is 2. The Bertz CT molecular complexity index is 1230. The summed E-state index contributed by atoms with van der Waals surface area (Å²) in [5.74, 6) is 1.76. The topological polar surface area (TPSA) is 51.7 Å². The van der Waals surface area contributed by atoms with Gasteiger partial charge in [0, 0.05) is 30.3 Å². The molecule has 5 nitrogen and oxygen atoms in total. The number of carbonyl (C=O) groups is 1. The highest BCUT2D eigenvalue weighted by Crippen LogP contribution is 2.57. The van der Waals surface area contributed by atoms with Gasteiger partial charge in [0.15, 0.2) is 0 Å². The molecule has 0 amide bonds. The van der Waals surface area contributed by atoms with E-state index in [9.17, 15) is 4.79 Å². The Morgan fingerprint density at radius 2 is 1.97 bits per heavy atom. The van der Waals surface area contributed by atoms with Crippen LogP contribution in [0.2, 0.25) is 5.02 Å². The Labute approximate surface area is 213 Å². The Morgan fingerprint density at radius 1 is 1.21 bits per heavy atom. The number of aromatic nitrogens is 1. The number of methoxy groups -OCH3 is 2. The fourth-order valence-electron chi connectivity index (χ4n) is 5.68. The molecule has 5 rings (SSSR count). The quantitative estimate of drug-likeness (QED) is 0.344. The first kappa shape index (κ1) is 23.2. The van der Waals surface area contributed by atoms with Crippen molar-refractivity contribution in [3.63, 3.8) is 0 Å². The van der Waals surface area contributed by atoms with E-state index in [-0.39, 0.29) is 17.3 Å². The standard InChI is InChI=1S/C27H26BrClN2O3/c1-33-19-9-7-17(8-10-19)15-31-16-27(23-24(29)22(28)14-30-25(23)31)12-11-18(13-27)20-5-3-4-6-21(20)26(32)34-2/h3-10,14,18H,11-13,15-16H2,1-2H3. The molecule has 0 bridgehead atoms. The average Bonchev–Trinajstić information content (AvgIpc) is 3.42. The lowest BCUT2D eigenvalue weighted by Gasteiger charge is -2.27. The van der Waals surface area contributed by atoms with Crippen LogP contribution >= 0.6 is 27.5 Å². The van der Waals surface area contributed by atoms with Crippen LogP contribution < -0.4 is 9.64 Å². The average molecular weight is 542 g/mol. The minimum atomic E-state index is -0.285. The van der Waals surface area contributed by atoms with E-state index in [4.69, 9.17) is 26.1 Å². The maximum absolute atomic E-state index is 12.4. The molecule has 2 heterocycles. The third-order valence-corrected chi connectivity index (χ3v) is 8.45. The summed E-state index contributed by atoms with van der Waals surface area (Å²) in [6.45, 7) is 1.58. The first-order valence-corrected chi connectivity index (χ1v) is 12.5. The van der Waals surface area contributed by atoms with E-state index in [1.807, 2.05) is 30.3 Å². The van der Waals surface area contributed by atoms with E-state index in [0.29, 0.717) is 5.56 Å². The lowest BCUT2D eigenvalue weighted by atomic mass is 9.79. The van der Waals surface area contributed by atoms with Gasteiger partial charge in [-0.05, 0) is 70.4 Å². The first-order chi connectivity index (χ1) is 16.5. The second-order valence-corrected chi connectivity index (χ2v) is 10.4. The number of anilines is 1. The van der Waals surface area contributed by atoms with Crippen molar-refractivity contribution in [2.24, 2.45) is 0 Å². The van der Waals surface area contributed by atoms with E-state index in [2.05, 4.69) is 39.0 Å². The van der Waals surface area contributed by atoms with Gasteiger partial charge in [-0.2, -0.15) is 0 Å². The van der Waals surface area contributed by atoms with Crippen molar-refractivity contribution in [1.82, 2.24) is 4.98 Å². The summed E-state index contributed by atoms with van der Waals surface area (Å²) in [4.78, 5) is 19.6. The van der Waals surface area contributed by atoms with Crippen LogP contribution in [0.15, 0.2) is 59.2 Å². The number of halogens is 2. The highest BCUT2D eigenvalue weighted by atomic mass is 79.9. The summed E-state index contributed by atoms with van der Waals surface area (Å²) in [7, 11) is 3.11. The van der Waals surface area contributed by atoms with Gasteiger partial charge in [0.1, 0.15) is 11.6 Å². The third-order valence-electron chi connectivity index (χ3n) is 7.22. The molecular formula is C27H26BrClN2O3. The Balaban J connectivity index is 1.49. The fraction of sp³-hybridized carbons (Fsp3) is 0.333. The van der Waals surface area contributed by atoms with Crippen LogP contribution in [0.4, 0.5) is 5.82 Å². The molecule has 1 saturated carbocycles. The van der Waals surface area contributed by atoms with Gasteiger partial charge in [-0.25, -0.2) is 9.78 Å². The summed E-state index contributed by atoms with van der Waals surface area (Å²) < 4.78 is 11.2. The Morgan fingerprint density at radius 3 is 2.71 bits per heavy atom. The molecule has 1 fully saturated rings. The molecule has 1 aromatic heterocycles. The molecule has 176 valence electrons. The van der Waals surface area contributed by atoms with Crippen molar-refractivity contribution >= 4 is 39.3 Å². The minimum absolute atomic E-state index is 0.121. The number of rotatable bonds is 5. The van der Waals surface area contributed by atoms with Crippen molar-refractivity contribution in [3.05, 3.63) is 86.5 Å². The monoisotopic (exact) mass is 540 g/mol. The van der Waals surface area contributed by atoms with Crippen LogP contribution in [-0.2, 0) is 16.7 Å². The van der Waals surface area contributed by atoms with Gasteiger partial charge in [0.05, 0.1) is 29.3 Å². The van der Waals surface area contributed by atoms with Gasteiger partial charge in [-0.1, -0.05) is 41.9 Å². The van der Waals surface area contributed by atoms with Crippen LogP contribution in [0.3, 0.4) is 0 Å². The molecule has 0 N–H and O–H groups in total. The Kier molecular flexibility index (Phi) is 6.30. The largest absolute Gasteiger partial charge is 0.497 e. The molecule has 1 aliphatic heterocycles. The highest BCUT2D eigenvalue weighted by molar-refractivity contribution is 9.10. The van der Waals surface area contributed by atoms with Crippen molar-refractivity contribution in [2.45, 2.75) is 37.1 Å². The summed E-state index contributed by atoms with van der Waals surface area (Å²) >= 11 is 10.5. The van der Waals surface area contributed by atoms with Crippen LogP contribution in [0.5, 0.6) is 5.75 Å². The molecular weight excluding hydrogens is 516 g/mol. The third kappa shape index (κ3) is 3.97. The summed E-state index contributed by atoms with van der Waals surface area (Å²) in [5, 5.41) is 0.740. The number of hydrogen-bond acceptors (Lipinski definition) is 5. The molecule has 7 heteroatoms. The number of nitrogens with zero attached hydrogens (tertiary/aromatic N) is 2. The van der Waals surface area contributed by atoms with Gasteiger partial charge < -0.3 is 14.4 Å². The smallest absolute Gasteiger partial charge is 0.338 e. The van der Waals surface area contributed by atoms with E-state index in [1.165, 1.54) is 12.7 Å². The van der Waals surface area contributed by atoms with Gasteiger partial charge >= 0.3 is 5.97 Å². The van der Waals surface area contributed by atoms with Crippen LogP contribution in [0, 0.1) is 0 Å². The summed E-state index contributed by atoms with van der Waals surface area (Å²) in [5.41, 5.74) is 3.90. The second-order valence-electron chi connectivity index (χ2n) is 9.12. The predicted molar refractivity (Wildman–Crippen MR) is 137 cm³/mol. The number of esters is 1. The van der Waals surface area contributed by atoms with E-state index < -0.39 is 0 Å². The number of ether oxygens (including phenoxy) is 2. The molecule has 2 unspecified atom stereocenters. The lowest BCUT2D eigenvalue weighted by molar-refractivity contribution is 0.0599. The second kappa shape index (κ2) is 9.23. The summed E-state index contributed by atoms with van der Waals surface area (Å²) in [6.07, 6.45) is 4.66.